The quantitative estimate of drug-likeness (QED) is 0.687. The van der Waals surface area contributed by atoms with E-state index in [1.165, 1.54) is 15.8 Å². The van der Waals surface area contributed by atoms with Crippen molar-refractivity contribution in [2.75, 3.05) is 44.2 Å². The van der Waals surface area contributed by atoms with Crippen molar-refractivity contribution in [3.63, 3.8) is 0 Å². The predicted octanol–water partition coefficient (Wildman–Crippen LogP) is 3.34. The highest BCUT2D eigenvalue weighted by molar-refractivity contribution is 7.22. The van der Waals surface area contributed by atoms with Gasteiger partial charge in [0.15, 0.2) is 5.13 Å². The van der Waals surface area contributed by atoms with Crippen LogP contribution in [0.4, 0.5) is 5.13 Å². The maximum Gasteiger partial charge on any atom is 0.251 e. The fraction of sp³-hybridized carbons (Fsp3) is 0.348. The number of rotatable bonds is 5. The second-order valence-corrected chi connectivity index (χ2v) is 8.63. The largest absolute Gasteiger partial charge is 0.351 e. The third-order valence-electron chi connectivity index (χ3n) is 5.71. The molecule has 0 radical (unpaired) electrons. The van der Waals surface area contributed by atoms with Crippen molar-refractivity contribution in [3.8, 4) is 6.07 Å². The number of aromatic nitrogens is 1. The normalized spacial score (nSPS) is 14.6. The summed E-state index contributed by atoms with van der Waals surface area (Å²) in [5, 5.41) is 12.9. The third-order valence-corrected chi connectivity index (χ3v) is 6.79. The van der Waals surface area contributed by atoms with Gasteiger partial charge in [-0.25, -0.2) is 4.98 Å². The van der Waals surface area contributed by atoms with Gasteiger partial charge in [0.25, 0.3) is 5.91 Å². The minimum Gasteiger partial charge on any atom is -0.351 e. The molecule has 0 spiro atoms. The van der Waals surface area contributed by atoms with Gasteiger partial charge in [0.1, 0.15) is 0 Å². The molecule has 0 unspecified atom stereocenters. The molecule has 0 aliphatic carbocycles. The monoisotopic (exact) mass is 419 g/mol. The number of carbonyl (C=O) groups is 1. The molecular formula is C23H25N5OS. The lowest BCUT2D eigenvalue weighted by molar-refractivity contribution is 0.0948. The van der Waals surface area contributed by atoms with Crippen LogP contribution in [0.25, 0.3) is 10.2 Å². The lowest BCUT2D eigenvalue weighted by Crippen LogP contribution is -2.48. The van der Waals surface area contributed by atoms with E-state index in [2.05, 4.69) is 47.2 Å². The SMILES string of the molecule is Cc1ccc2sc(N3CCN(CCNC(=O)c4ccc(C#N)cc4)CC3)nc2c1C. The van der Waals surface area contributed by atoms with E-state index in [-0.39, 0.29) is 5.91 Å². The molecule has 1 aromatic heterocycles. The van der Waals surface area contributed by atoms with E-state index in [1.54, 1.807) is 35.6 Å². The Bertz CT molecular complexity index is 1090. The summed E-state index contributed by atoms with van der Waals surface area (Å²) in [6.45, 7) is 9.52. The molecule has 30 heavy (non-hydrogen) atoms. The average molecular weight is 420 g/mol. The van der Waals surface area contributed by atoms with Crippen molar-refractivity contribution in [1.82, 2.24) is 15.2 Å². The summed E-state index contributed by atoms with van der Waals surface area (Å²) in [6.07, 6.45) is 0. The molecule has 1 fully saturated rings. The molecule has 7 heteroatoms. The summed E-state index contributed by atoms with van der Waals surface area (Å²) >= 11 is 1.77. The number of benzene rings is 2. The van der Waals surface area contributed by atoms with Crippen molar-refractivity contribution in [2.24, 2.45) is 0 Å². The molecule has 154 valence electrons. The zero-order chi connectivity index (χ0) is 21.1. The van der Waals surface area contributed by atoms with Crippen molar-refractivity contribution in [3.05, 3.63) is 58.7 Å². The first-order valence-corrected chi connectivity index (χ1v) is 11.0. The van der Waals surface area contributed by atoms with E-state index in [1.807, 2.05) is 0 Å². The lowest BCUT2D eigenvalue weighted by atomic mass is 10.1. The van der Waals surface area contributed by atoms with Crippen LogP contribution < -0.4 is 10.2 Å². The van der Waals surface area contributed by atoms with Crippen LogP contribution in [-0.2, 0) is 0 Å². The first-order valence-electron chi connectivity index (χ1n) is 10.2. The highest BCUT2D eigenvalue weighted by atomic mass is 32.1. The van der Waals surface area contributed by atoms with Gasteiger partial charge < -0.3 is 10.2 Å². The van der Waals surface area contributed by atoms with Gasteiger partial charge >= 0.3 is 0 Å². The molecule has 1 amide bonds. The van der Waals surface area contributed by atoms with Gasteiger partial charge in [-0.3, -0.25) is 9.69 Å². The molecule has 4 rings (SSSR count). The molecule has 1 aliphatic rings. The van der Waals surface area contributed by atoms with E-state index in [0.29, 0.717) is 17.7 Å². The van der Waals surface area contributed by atoms with Crippen molar-refractivity contribution in [2.45, 2.75) is 13.8 Å². The zero-order valence-corrected chi connectivity index (χ0v) is 18.1. The van der Waals surface area contributed by atoms with Crippen LogP contribution in [0.2, 0.25) is 0 Å². The average Bonchev–Trinajstić information content (AvgIpc) is 3.22. The number of amides is 1. The maximum absolute atomic E-state index is 12.2. The van der Waals surface area contributed by atoms with E-state index >= 15 is 0 Å². The van der Waals surface area contributed by atoms with Crippen LogP contribution in [0.5, 0.6) is 0 Å². The molecule has 1 N–H and O–H groups in total. The first kappa shape index (κ1) is 20.3. The minimum absolute atomic E-state index is 0.0988. The molecule has 1 saturated heterocycles. The molecule has 6 nitrogen and oxygen atoms in total. The predicted molar refractivity (Wildman–Crippen MR) is 121 cm³/mol. The number of nitriles is 1. The Hall–Kier alpha value is -2.95. The van der Waals surface area contributed by atoms with Crippen molar-refractivity contribution >= 4 is 32.6 Å². The van der Waals surface area contributed by atoms with Gasteiger partial charge in [-0.15, -0.1) is 0 Å². The van der Waals surface area contributed by atoms with Crippen LogP contribution in [-0.4, -0.2) is 55.1 Å². The zero-order valence-electron chi connectivity index (χ0n) is 17.3. The Labute approximate surface area is 180 Å². The minimum atomic E-state index is -0.0988. The van der Waals surface area contributed by atoms with Crippen molar-refractivity contribution < 1.29 is 4.79 Å². The Morgan fingerprint density at radius 1 is 1.13 bits per heavy atom. The lowest BCUT2D eigenvalue weighted by Gasteiger charge is -2.34. The van der Waals surface area contributed by atoms with Gasteiger partial charge in [-0.05, 0) is 55.3 Å². The Morgan fingerprint density at radius 2 is 1.87 bits per heavy atom. The molecule has 2 aromatic carbocycles. The van der Waals surface area contributed by atoms with Gasteiger partial charge in [-0.1, -0.05) is 17.4 Å². The van der Waals surface area contributed by atoms with Gasteiger partial charge in [0, 0.05) is 44.8 Å². The first-order chi connectivity index (χ1) is 14.5. The number of nitrogens with one attached hydrogen (secondary N) is 1. The standard InChI is InChI=1S/C23H25N5OS/c1-16-3-8-20-21(17(16)2)26-23(30-20)28-13-11-27(12-14-28)10-9-25-22(29)19-6-4-18(15-24)5-7-19/h3-8H,9-14H2,1-2H3,(H,25,29). The number of nitrogens with zero attached hydrogens (tertiary/aromatic N) is 4. The van der Waals surface area contributed by atoms with Gasteiger partial charge in [-0.2, -0.15) is 5.26 Å². The second kappa shape index (κ2) is 8.82. The summed E-state index contributed by atoms with van der Waals surface area (Å²) in [6, 6.07) is 13.1. The number of carbonyl (C=O) groups excluding carboxylic acids is 1. The molecular weight excluding hydrogens is 394 g/mol. The number of thiazole rings is 1. The number of anilines is 1. The Balaban J connectivity index is 1.26. The Morgan fingerprint density at radius 3 is 2.57 bits per heavy atom. The van der Waals surface area contributed by atoms with Crippen LogP contribution in [0.15, 0.2) is 36.4 Å². The fourth-order valence-electron chi connectivity index (χ4n) is 3.64. The van der Waals surface area contributed by atoms with Crippen LogP contribution in [0.1, 0.15) is 27.0 Å². The Kier molecular flexibility index (Phi) is 5.98. The van der Waals surface area contributed by atoms with Crippen molar-refractivity contribution in [1.29, 1.82) is 5.26 Å². The van der Waals surface area contributed by atoms with E-state index in [9.17, 15) is 4.79 Å². The third kappa shape index (κ3) is 4.30. The molecule has 1 aliphatic heterocycles. The molecule has 3 aromatic rings. The summed E-state index contributed by atoms with van der Waals surface area (Å²) < 4.78 is 1.25. The smallest absolute Gasteiger partial charge is 0.251 e. The number of hydrogen-bond donors (Lipinski definition) is 1. The van der Waals surface area contributed by atoms with E-state index < -0.39 is 0 Å². The molecule has 0 saturated carbocycles. The fourth-order valence-corrected chi connectivity index (χ4v) is 4.71. The summed E-state index contributed by atoms with van der Waals surface area (Å²) in [4.78, 5) is 21.9. The number of hydrogen-bond acceptors (Lipinski definition) is 6. The number of aryl methyl sites for hydroxylation is 2. The molecule has 0 atom stereocenters. The summed E-state index contributed by atoms with van der Waals surface area (Å²) in [7, 11) is 0. The van der Waals surface area contributed by atoms with Gasteiger partial charge in [0.2, 0.25) is 0 Å². The van der Waals surface area contributed by atoms with Gasteiger partial charge in [0.05, 0.1) is 21.8 Å². The van der Waals surface area contributed by atoms with E-state index in [4.69, 9.17) is 10.2 Å². The highest BCUT2D eigenvalue weighted by Gasteiger charge is 2.20. The highest BCUT2D eigenvalue weighted by Crippen LogP contribution is 2.32. The second-order valence-electron chi connectivity index (χ2n) is 7.62. The molecule has 2 heterocycles. The number of piperazine rings is 1. The maximum atomic E-state index is 12.2. The van der Waals surface area contributed by atoms with Crippen LogP contribution in [0.3, 0.4) is 0 Å². The van der Waals surface area contributed by atoms with Crippen LogP contribution in [0, 0.1) is 25.2 Å². The summed E-state index contributed by atoms with van der Waals surface area (Å²) in [5.74, 6) is -0.0988. The van der Waals surface area contributed by atoms with Crippen LogP contribution >= 0.6 is 11.3 Å². The number of fused-ring (bicyclic) bond motifs is 1. The summed E-state index contributed by atoms with van der Waals surface area (Å²) in [5.41, 5.74) is 4.82. The molecule has 0 bridgehead atoms. The van der Waals surface area contributed by atoms with E-state index in [0.717, 1.165) is 43.4 Å². The topological polar surface area (TPSA) is 72.3 Å².